The maximum absolute atomic E-state index is 13.1. The molecule has 1 unspecified atom stereocenters. The molecule has 0 N–H and O–H groups in total. The molecule has 0 saturated carbocycles. The third-order valence-corrected chi connectivity index (χ3v) is 4.12. The third-order valence-electron chi connectivity index (χ3n) is 4.12. The molecule has 1 aliphatic rings. The quantitative estimate of drug-likeness (QED) is 0.493. The van der Waals surface area contributed by atoms with Crippen molar-refractivity contribution in [2.45, 2.75) is 12.0 Å². The van der Waals surface area contributed by atoms with E-state index < -0.39 is 11.5 Å². The van der Waals surface area contributed by atoms with Gasteiger partial charge >= 0.3 is 5.97 Å². The number of para-hydroxylation sites is 2. The van der Waals surface area contributed by atoms with Crippen LogP contribution in [0.25, 0.3) is 0 Å². The summed E-state index contributed by atoms with van der Waals surface area (Å²) in [5.74, 6) is -0.842. The van der Waals surface area contributed by atoms with Crippen LogP contribution in [0.4, 0.5) is 11.4 Å². The number of ketones is 1. The number of hydrogen-bond donors (Lipinski definition) is 0. The van der Waals surface area contributed by atoms with Crippen LogP contribution in [0.1, 0.15) is 16.8 Å². The number of anilines is 2. The van der Waals surface area contributed by atoms with Crippen molar-refractivity contribution in [1.29, 1.82) is 0 Å². The lowest BCUT2D eigenvalue weighted by molar-refractivity contribution is -0.144. The summed E-state index contributed by atoms with van der Waals surface area (Å²) in [6.45, 7) is 3.72. The Morgan fingerprint density at radius 3 is 2.48 bits per heavy atom. The molecule has 1 atom stereocenters. The van der Waals surface area contributed by atoms with Crippen molar-refractivity contribution in [3.05, 3.63) is 72.8 Å². The van der Waals surface area contributed by atoms with Gasteiger partial charge in [0.15, 0.2) is 0 Å². The minimum Gasteiger partial charge on any atom is -0.467 e. The van der Waals surface area contributed by atoms with Crippen LogP contribution in [0, 0.1) is 0 Å². The Balaban J connectivity index is 2.31. The highest BCUT2D eigenvalue weighted by atomic mass is 16.5. The number of carbonyl (C=O) groups is 2. The molecule has 0 aromatic heterocycles. The fourth-order valence-electron chi connectivity index (χ4n) is 3.16. The van der Waals surface area contributed by atoms with E-state index in [4.69, 9.17) is 4.74 Å². The maximum Gasteiger partial charge on any atom is 0.340 e. The van der Waals surface area contributed by atoms with Gasteiger partial charge in [0, 0.05) is 17.7 Å². The summed E-state index contributed by atoms with van der Waals surface area (Å²) in [4.78, 5) is 27.5. The fourth-order valence-corrected chi connectivity index (χ4v) is 3.16. The Kier molecular flexibility index (Phi) is 3.74. The summed E-state index contributed by atoms with van der Waals surface area (Å²) in [7, 11) is 1.30. The molecule has 4 heteroatoms. The summed E-state index contributed by atoms with van der Waals surface area (Å²) >= 11 is 0. The van der Waals surface area contributed by atoms with Crippen molar-refractivity contribution in [3.63, 3.8) is 0 Å². The highest BCUT2D eigenvalue weighted by Gasteiger charge is 2.57. The van der Waals surface area contributed by atoms with Crippen LogP contribution >= 0.6 is 0 Å². The highest BCUT2D eigenvalue weighted by molar-refractivity contribution is 6.26. The highest BCUT2D eigenvalue weighted by Crippen LogP contribution is 2.46. The average molecular weight is 307 g/mol. The van der Waals surface area contributed by atoms with E-state index in [1.807, 2.05) is 42.5 Å². The Morgan fingerprint density at radius 1 is 1.17 bits per heavy atom. The van der Waals surface area contributed by atoms with Crippen molar-refractivity contribution < 1.29 is 14.3 Å². The number of rotatable bonds is 4. The van der Waals surface area contributed by atoms with E-state index in [9.17, 15) is 9.59 Å². The van der Waals surface area contributed by atoms with Crippen LogP contribution in [0.3, 0.4) is 0 Å². The number of carbonyl (C=O) groups excluding carboxylic acids is 2. The maximum atomic E-state index is 13.1. The van der Waals surface area contributed by atoms with Gasteiger partial charge in [0.25, 0.3) is 0 Å². The molecular formula is C19H17NO3. The number of fused-ring (bicyclic) bond motifs is 1. The smallest absolute Gasteiger partial charge is 0.340 e. The van der Waals surface area contributed by atoms with Crippen LogP contribution in [0.2, 0.25) is 0 Å². The zero-order chi connectivity index (χ0) is 16.4. The molecule has 0 bridgehead atoms. The number of nitrogens with zero attached hydrogens (tertiary/aromatic N) is 1. The number of ether oxygens (including phenoxy) is 1. The molecule has 0 radical (unpaired) electrons. The van der Waals surface area contributed by atoms with Crippen molar-refractivity contribution in [3.8, 4) is 0 Å². The van der Waals surface area contributed by atoms with Gasteiger partial charge in [-0.1, -0.05) is 36.4 Å². The molecule has 0 saturated heterocycles. The van der Waals surface area contributed by atoms with Crippen LogP contribution in [0.5, 0.6) is 0 Å². The molecule has 2 aromatic rings. The van der Waals surface area contributed by atoms with E-state index in [0.29, 0.717) is 11.3 Å². The lowest BCUT2D eigenvalue weighted by Crippen LogP contribution is -2.55. The van der Waals surface area contributed by atoms with Crippen LogP contribution in [0.15, 0.2) is 67.3 Å². The zero-order valence-corrected chi connectivity index (χ0v) is 12.9. The second kappa shape index (κ2) is 5.72. The van der Waals surface area contributed by atoms with Crippen molar-refractivity contribution in [2.24, 2.45) is 0 Å². The number of methoxy groups -OCH3 is 1. The van der Waals surface area contributed by atoms with Crippen molar-refractivity contribution in [2.75, 3.05) is 12.0 Å². The minimum atomic E-state index is -1.44. The molecule has 23 heavy (non-hydrogen) atoms. The second-order valence-corrected chi connectivity index (χ2v) is 5.36. The van der Waals surface area contributed by atoms with Gasteiger partial charge in [-0.15, -0.1) is 6.58 Å². The van der Waals surface area contributed by atoms with E-state index in [1.54, 1.807) is 23.1 Å². The lowest BCUT2D eigenvalue weighted by Gasteiger charge is -2.35. The number of Topliss-reactive ketones (excluding diaryl/α,β-unsaturated/α-hetero) is 1. The van der Waals surface area contributed by atoms with Crippen LogP contribution < -0.4 is 4.90 Å². The Labute approximate surface area is 135 Å². The number of benzene rings is 2. The molecule has 0 amide bonds. The SMILES string of the molecule is C=CCC1(C(=O)OC)C(=O)c2ccccc2N1c1ccccc1. The molecule has 0 fully saturated rings. The molecule has 0 aliphatic carbocycles. The fraction of sp³-hybridized carbons (Fsp3) is 0.158. The number of esters is 1. The van der Waals surface area contributed by atoms with Gasteiger partial charge in [-0.05, 0) is 24.3 Å². The summed E-state index contributed by atoms with van der Waals surface area (Å²) in [6, 6.07) is 16.6. The van der Waals surface area contributed by atoms with Gasteiger partial charge in [-0.2, -0.15) is 0 Å². The first kappa shape index (κ1) is 15.0. The molecule has 1 heterocycles. The van der Waals surface area contributed by atoms with Gasteiger partial charge in [-0.3, -0.25) is 4.79 Å². The molecular weight excluding hydrogens is 290 g/mol. The van der Waals surface area contributed by atoms with E-state index in [0.717, 1.165) is 5.69 Å². The van der Waals surface area contributed by atoms with Gasteiger partial charge in [0.2, 0.25) is 11.3 Å². The molecule has 116 valence electrons. The molecule has 4 nitrogen and oxygen atoms in total. The minimum absolute atomic E-state index is 0.169. The van der Waals surface area contributed by atoms with E-state index >= 15 is 0 Å². The van der Waals surface area contributed by atoms with Gasteiger partial charge in [-0.25, -0.2) is 4.79 Å². The van der Waals surface area contributed by atoms with E-state index in [2.05, 4.69) is 6.58 Å². The summed E-state index contributed by atoms with van der Waals surface area (Å²) < 4.78 is 4.99. The Bertz CT molecular complexity index is 769. The predicted octanol–water partition coefficient (Wildman–Crippen LogP) is 3.51. The van der Waals surface area contributed by atoms with Gasteiger partial charge in [0.05, 0.1) is 12.8 Å². The molecule has 2 aromatic carbocycles. The Hall–Kier alpha value is -2.88. The van der Waals surface area contributed by atoms with Gasteiger partial charge in [0.1, 0.15) is 0 Å². The van der Waals surface area contributed by atoms with E-state index in [-0.39, 0.29) is 12.2 Å². The van der Waals surface area contributed by atoms with Crippen molar-refractivity contribution in [1.82, 2.24) is 0 Å². The first-order valence-corrected chi connectivity index (χ1v) is 7.35. The molecule has 0 spiro atoms. The van der Waals surface area contributed by atoms with Gasteiger partial charge < -0.3 is 9.64 Å². The third kappa shape index (κ3) is 2.06. The molecule has 1 aliphatic heterocycles. The summed E-state index contributed by atoms with van der Waals surface area (Å²) in [5, 5.41) is 0. The first-order chi connectivity index (χ1) is 11.2. The summed E-state index contributed by atoms with van der Waals surface area (Å²) in [5.41, 5.74) is 0.541. The predicted molar refractivity (Wildman–Crippen MR) is 88.9 cm³/mol. The topological polar surface area (TPSA) is 46.6 Å². The van der Waals surface area contributed by atoms with E-state index in [1.165, 1.54) is 7.11 Å². The first-order valence-electron chi connectivity index (χ1n) is 7.35. The van der Waals surface area contributed by atoms with Crippen LogP contribution in [-0.4, -0.2) is 24.4 Å². The second-order valence-electron chi connectivity index (χ2n) is 5.36. The monoisotopic (exact) mass is 307 g/mol. The normalized spacial score (nSPS) is 19.3. The Morgan fingerprint density at radius 2 is 1.83 bits per heavy atom. The largest absolute Gasteiger partial charge is 0.467 e. The number of hydrogen-bond acceptors (Lipinski definition) is 4. The molecule has 3 rings (SSSR count). The summed E-state index contributed by atoms with van der Waals surface area (Å²) in [6.07, 6.45) is 1.75. The lowest BCUT2D eigenvalue weighted by atomic mass is 9.88. The van der Waals surface area contributed by atoms with Crippen molar-refractivity contribution >= 4 is 23.1 Å². The average Bonchev–Trinajstić information content (AvgIpc) is 2.85. The standard InChI is InChI=1S/C19H17NO3/c1-3-13-19(18(22)23-2)17(21)15-11-7-8-12-16(15)20(19)14-9-5-4-6-10-14/h3-12H,1,13H2,2H3. The zero-order valence-electron chi connectivity index (χ0n) is 12.9. The van der Waals surface area contributed by atoms with Crippen LogP contribution in [-0.2, 0) is 9.53 Å².